The molecule has 5 nitrogen and oxygen atoms in total. The molecule has 0 unspecified atom stereocenters. The lowest BCUT2D eigenvalue weighted by Gasteiger charge is -2.58. The number of hydrogen-bond acceptors (Lipinski definition) is 5. The lowest BCUT2D eigenvalue weighted by molar-refractivity contribution is -0.195. The zero-order chi connectivity index (χ0) is 22.1. The summed E-state index contributed by atoms with van der Waals surface area (Å²) in [5, 5.41) is 9.74. The van der Waals surface area contributed by atoms with Crippen LogP contribution in [0, 0.1) is 34.5 Å². The van der Waals surface area contributed by atoms with Crippen molar-refractivity contribution in [2.24, 2.45) is 34.5 Å². The van der Waals surface area contributed by atoms with E-state index in [1.54, 1.807) is 6.08 Å². The second-order valence-electron chi connectivity index (χ2n) is 10.2. The summed E-state index contributed by atoms with van der Waals surface area (Å²) in [4.78, 5) is 37.0. The number of fused-ring (bicyclic) bond motifs is 5. The number of carbonyl (C=O) groups excluding carboxylic acids is 3. The molecule has 30 heavy (non-hydrogen) atoms. The van der Waals surface area contributed by atoms with E-state index >= 15 is 4.39 Å². The van der Waals surface area contributed by atoms with E-state index in [9.17, 15) is 19.5 Å². The number of halogens is 1. The molecule has 3 saturated carbocycles. The first-order valence-electron chi connectivity index (χ1n) is 10.9. The Balaban J connectivity index is 1.79. The van der Waals surface area contributed by atoms with Crippen molar-refractivity contribution in [2.75, 3.05) is 6.61 Å². The van der Waals surface area contributed by atoms with Crippen LogP contribution in [0.25, 0.3) is 0 Å². The average Bonchev–Trinajstić information content (AvgIpc) is 2.90. The summed E-state index contributed by atoms with van der Waals surface area (Å²) in [6.07, 6.45) is 6.00. The van der Waals surface area contributed by atoms with Crippen LogP contribution in [-0.4, -0.2) is 41.0 Å². The van der Waals surface area contributed by atoms with Gasteiger partial charge in [0.05, 0.1) is 0 Å². The van der Waals surface area contributed by atoms with Gasteiger partial charge in [-0.25, -0.2) is 4.39 Å². The van der Waals surface area contributed by atoms with Crippen molar-refractivity contribution in [3.8, 4) is 0 Å². The quantitative estimate of drug-likeness (QED) is 0.711. The van der Waals surface area contributed by atoms with Crippen LogP contribution >= 0.6 is 0 Å². The van der Waals surface area contributed by atoms with Crippen LogP contribution in [0.4, 0.5) is 4.39 Å². The number of allylic oxidation sites excluding steroid dienone is 4. The van der Waals surface area contributed by atoms with Crippen LogP contribution in [0.2, 0.25) is 0 Å². The second kappa shape index (κ2) is 6.84. The number of carbonyl (C=O) groups is 3. The highest BCUT2D eigenvalue weighted by Crippen LogP contribution is 2.69. The van der Waals surface area contributed by atoms with Crippen molar-refractivity contribution in [1.29, 1.82) is 0 Å². The molecule has 6 heteroatoms. The van der Waals surface area contributed by atoms with Crippen molar-refractivity contribution in [2.45, 2.75) is 65.2 Å². The van der Waals surface area contributed by atoms with Gasteiger partial charge < -0.3 is 9.84 Å². The van der Waals surface area contributed by atoms with Crippen LogP contribution < -0.4 is 0 Å². The van der Waals surface area contributed by atoms with Gasteiger partial charge in [0.25, 0.3) is 0 Å². The third-order valence-corrected chi connectivity index (χ3v) is 8.94. The molecule has 4 aliphatic rings. The molecule has 1 N–H and O–H groups in total. The van der Waals surface area contributed by atoms with Crippen LogP contribution in [-0.2, 0) is 19.1 Å². The van der Waals surface area contributed by atoms with Crippen molar-refractivity contribution >= 4 is 17.5 Å². The number of ether oxygens (including phenoxy) is 1. The van der Waals surface area contributed by atoms with Gasteiger partial charge in [-0.15, -0.1) is 0 Å². The van der Waals surface area contributed by atoms with Crippen molar-refractivity contribution < 1.29 is 28.6 Å². The first-order chi connectivity index (χ1) is 14.0. The Morgan fingerprint density at radius 2 is 1.97 bits per heavy atom. The highest BCUT2D eigenvalue weighted by atomic mass is 19.1. The number of Topliss-reactive ketones (excluding diaryl/α,β-unsaturated/α-hetero) is 1. The summed E-state index contributed by atoms with van der Waals surface area (Å²) in [6, 6.07) is 0. The van der Waals surface area contributed by atoms with Gasteiger partial charge in [0.1, 0.15) is 12.8 Å². The van der Waals surface area contributed by atoms with E-state index in [4.69, 9.17) is 4.74 Å². The Morgan fingerprint density at radius 1 is 1.27 bits per heavy atom. The standard InChI is InChI=1S/C24H31FO5/c1-13-9-18-16-11-20(25)19-10-15(28)5-7-22(19,3)17(16)6-8-23(18,4)24(13,21(29)12-26)30-14(2)27/h5,7,10,13,16-18,20,26H,6,8-9,11-12H2,1-4H3/t13-,16+,17-,18-,20-,22+,23-,24-/m0/s1. The van der Waals surface area contributed by atoms with Crippen LogP contribution in [0.3, 0.4) is 0 Å². The minimum atomic E-state index is -1.38. The zero-order valence-corrected chi connectivity index (χ0v) is 18.1. The van der Waals surface area contributed by atoms with E-state index in [0.29, 0.717) is 24.8 Å². The van der Waals surface area contributed by atoms with E-state index in [2.05, 4.69) is 0 Å². The molecule has 0 aromatic heterocycles. The Morgan fingerprint density at radius 3 is 2.60 bits per heavy atom. The first kappa shape index (κ1) is 21.4. The van der Waals surface area contributed by atoms with Gasteiger partial charge in [-0.05, 0) is 61.2 Å². The maximum Gasteiger partial charge on any atom is 0.303 e. The number of aliphatic hydroxyl groups is 1. The van der Waals surface area contributed by atoms with E-state index < -0.39 is 41.0 Å². The molecular weight excluding hydrogens is 387 g/mol. The molecule has 164 valence electrons. The summed E-state index contributed by atoms with van der Waals surface area (Å²) in [5.74, 6) is -1.28. The van der Waals surface area contributed by atoms with Crippen LogP contribution in [0.15, 0.2) is 23.8 Å². The predicted molar refractivity (Wildman–Crippen MR) is 108 cm³/mol. The average molecular weight is 419 g/mol. The summed E-state index contributed by atoms with van der Waals surface area (Å²) in [6.45, 7) is 6.51. The molecule has 4 aliphatic carbocycles. The van der Waals surface area contributed by atoms with E-state index in [0.717, 1.165) is 6.42 Å². The van der Waals surface area contributed by atoms with Gasteiger partial charge >= 0.3 is 5.97 Å². The third-order valence-electron chi connectivity index (χ3n) is 8.94. The molecule has 0 aromatic rings. The minimum absolute atomic E-state index is 0.00475. The molecule has 0 spiro atoms. The van der Waals surface area contributed by atoms with Crippen molar-refractivity contribution in [3.05, 3.63) is 23.8 Å². The summed E-state index contributed by atoms with van der Waals surface area (Å²) in [5.41, 5.74) is -1.99. The van der Waals surface area contributed by atoms with Crippen LogP contribution in [0.1, 0.15) is 53.4 Å². The Hall–Kier alpha value is -1.82. The maximum absolute atomic E-state index is 15.4. The summed E-state index contributed by atoms with van der Waals surface area (Å²) >= 11 is 0. The highest BCUT2D eigenvalue weighted by molar-refractivity contribution is 6.01. The Labute approximate surface area is 176 Å². The number of alkyl halides is 1. The van der Waals surface area contributed by atoms with Gasteiger partial charge in [-0.1, -0.05) is 26.8 Å². The van der Waals surface area contributed by atoms with Crippen LogP contribution in [0.5, 0.6) is 0 Å². The molecule has 0 aliphatic heterocycles. The molecule has 0 radical (unpaired) electrons. The molecule has 0 bridgehead atoms. The maximum atomic E-state index is 15.4. The SMILES string of the molecule is CC(=O)O[C@]1(C(=O)CO)[C@@H](C)C[C@H]2[C@@H]3C[C@H](F)C4=CC(=O)C=C[C@]4(C)[C@H]3CC[C@@]21C. The Bertz CT molecular complexity index is 862. The molecule has 8 atom stereocenters. The molecule has 0 saturated heterocycles. The minimum Gasteiger partial charge on any atom is -0.450 e. The number of hydrogen-bond donors (Lipinski definition) is 1. The molecule has 0 amide bonds. The lowest BCUT2D eigenvalue weighted by Crippen LogP contribution is -2.61. The second-order valence-corrected chi connectivity index (χ2v) is 10.2. The number of rotatable bonds is 3. The Kier molecular flexibility index (Phi) is 4.88. The summed E-state index contributed by atoms with van der Waals surface area (Å²) < 4.78 is 21.1. The third kappa shape index (κ3) is 2.58. The van der Waals surface area contributed by atoms with E-state index in [-0.39, 0.29) is 29.5 Å². The van der Waals surface area contributed by atoms with Gasteiger partial charge in [0.15, 0.2) is 11.4 Å². The van der Waals surface area contributed by atoms with Crippen molar-refractivity contribution in [1.82, 2.24) is 0 Å². The van der Waals surface area contributed by atoms with E-state index in [1.165, 1.54) is 13.0 Å². The van der Waals surface area contributed by atoms with Gasteiger partial charge in [0.2, 0.25) is 5.78 Å². The largest absolute Gasteiger partial charge is 0.450 e. The normalized spacial score (nSPS) is 47.1. The highest BCUT2D eigenvalue weighted by Gasteiger charge is 2.71. The smallest absolute Gasteiger partial charge is 0.303 e. The zero-order valence-electron chi connectivity index (χ0n) is 18.1. The number of ketones is 2. The lowest BCUT2D eigenvalue weighted by atomic mass is 9.46. The molecule has 4 rings (SSSR count). The molecule has 3 fully saturated rings. The topological polar surface area (TPSA) is 80.7 Å². The fraction of sp³-hybridized carbons (Fsp3) is 0.708. The molecular formula is C24H31FO5. The number of aliphatic hydroxyl groups excluding tert-OH is 1. The van der Waals surface area contributed by atoms with Gasteiger partial charge in [0, 0.05) is 23.7 Å². The van der Waals surface area contributed by atoms with Gasteiger partial charge in [-0.2, -0.15) is 0 Å². The van der Waals surface area contributed by atoms with Crippen molar-refractivity contribution in [3.63, 3.8) is 0 Å². The predicted octanol–water partition coefficient (Wildman–Crippen LogP) is 3.35. The number of esters is 1. The van der Waals surface area contributed by atoms with E-state index in [1.807, 2.05) is 26.8 Å². The first-order valence-corrected chi connectivity index (χ1v) is 10.9. The fourth-order valence-corrected chi connectivity index (χ4v) is 7.74. The molecule has 0 heterocycles. The monoisotopic (exact) mass is 418 g/mol. The molecule has 0 aromatic carbocycles. The van der Waals surface area contributed by atoms with Gasteiger partial charge in [-0.3, -0.25) is 14.4 Å². The summed E-state index contributed by atoms with van der Waals surface area (Å²) in [7, 11) is 0. The fourth-order valence-electron chi connectivity index (χ4n) is 7.74.